The van der Waals surface area contributed by atoms with Crippen molar-refractivity contribution in [3.63, 3.8) is 0 Å². The van der Waals surface area contributed by atoms with Crippen molar-refractivity contribution in [1.29, 1.82) is 0 Å². The van der Waals surface area contributed by atoms with Crippen molar-refractivity contribution in [3.8, 4) is 0 Å². The number of hydrogen-bond acceptors (Lipinski definition) is 3. The molecule has 2 N–H and O–H groups in total. The number of rotatable bonds is 4. The summed E-state index contributed by atoms with van der Waals surface area (Å²) < 4.78 is 2.10. The highest BCUT2D eigenvalue weighted by Gasteiger charge is 2.00. The summed E-state index contributed by atoms with van der Waals surface area (Å²) in [5.74, 6) is 1.04. The maximum atomic E-state index is 5.44. The molecule has 0 atom stereocenters. The zero-order chi connectivity index (χ0) is 9.80. The van der Waals surface area contributed by atoms with Gasteiger partial charge in [-0.15, -0.1) is 0 Å². The average Bonchev–Trinajstić information content (AvgIpc) is 2.63. The molecule has 0 bridgehead atoms. The molecule has 0 radical (unpaired) electrons. The Morgan fingerprint density at radius 3 is 3.07 bits per heavy atom. The minimum absolute atomic E-state index is 0.750. The minimum atomic E-state index is 0.750. The molecule has 3 nitrogen and oxygen atoms in total. The lowest BCUT2D eigenvalue weighted by Crippen LogP contribution is -2.00. The van der Waals surface area contributed by atoms with E-state index in [2.05, 4.69) is 15.0 Å². The summed E-state index contributed by atoms with van der Waals surface area (Å²) in [5.41, 5.74) is 7.67. The first-order valence-corrected chi connectivity index (χ1v) is 5.61. The molecule has 14 heavy (non-hydrogen) atoms. The molecule has 74 valence electrons. The fourth-order valence-corrected chi connectivity index (χ4v) is 2.19. The van der Waals surface area contributed by atoms with Gasteiger partial charge in [0.1, 0.15) is 6.33 Å². The van der Waals surface area contributed by atoms with Crippen LogP contribution in [-0.4, -0.2) is 21.3 Å². The number of para-hydroxylation sites is 2. The van der Waals surface area contributed by atoms with Crippen LogP contribution in [-0.2, 0) is 0 Å². The average molecular weight is 207 g/mol. The number of benzene rings is 1. The van der Waals surface area contributed by atoms with Gasteiger partial charge in [-0.3, -0.25) is 3.97 Å². The van der Waals surface area contributed by atoms with Crippen LogP contribution in [0, 0.1) is 0 Å². The van der Waals surface area contributed by atoms with Crippen LogP contribution in [0.4, 0.5) is 0 Å². The molecule has 4 heteroatoms. The standard InChI is InChI=1S/C10H13N3S/c11-6-3-7-14-13-8-12-9-4-1-2-5-10(9)13/h1-2,4-5,8H,3,6-7,11H2. The maximum Gasteiger partial charge on any atom is 0.106 e. The van der Waals surface area contributed by atoms with Crippen LogP contribution in [0.25, 0.3) is 11.0 Å². The van der Waals surface area contributed by atoms with E-state index in [4.69, 9.17) is 5.73 Å². The second-order valence-corrected chi connectivity index (χ2v) is 4.09. The van der Waals surface area contributed by atoms with Gasteiger partial charge in [0.2, 0.25) is 0 Å². The Labute approximate surface area is 87.4 Å². The van der Waals surface area contributed by atoms with E-state index in [0.717, 1.165) is 24.2 Å². The van der Waals surface area contributed by atoms with Crippen molar-refractivity contribution < 1.29 is 0 Å². The van der Waals surface area contributed by atoms with Crippen LogP contribution in [0.2, 0.25) is 0 Å². The first kappa shape index (κ1) is 9.55. The Morgan fingerprint density at radius 2 is 2.21 bits per heavy atom. The number of imidazole rings is 1. The van der Waals surface area contributed by atoms with Crippen molar-refractivity contribution in [2.45, 2.75) is 6.42 Å². The molecule has 0 unspecified atom stereocenters. The summed E-state index contributed by atoms with van der Waals surface area (Å²) in [6, 6.07) is 8.14. The van der Waals surface area contributed by atoms with Crippen LogP contribution in [0.15, 0.2) is 30.6 Å². The number of hydrogen-bond donors (Lipinski definition) is 1. The van der Waals surface area contributed by atoms with Crippen molar-refractivity contribution in [1.82, 2.24) is 8.96 Å². The lowest BCUT2D eigenvalue weighted by Gasteiger charge is -2.01. The molecule has 1 heterocycles. The zero-order valence-electron chi connectivity index (χ0n) is 7.89. The third-order valence-corrected chi connectivity index (χ3v) is 3.04. The molecule has 0 fully saturated rings. The van der Waals surface area contributed by atoms with Crippen LogP contribution >= 0.6 is 11.9 Å². The van der Waals surface area contributed by atoms with Gasteiger partial charge in [-0.05, 0) is 37.0 Å². The monoisotopic (exact) mass is 207 g/mol. The van der Waals surface area contributed by atoms with Crippen molar-refractivity contribution >= 4 is 23.0 Å². The van der Waals surface area contributed by atoms with E-state index in [1.807, 2.05) is 24.5 Å². The van der Waals surface area contributed by atoms with E-state index in [9.17, 15) is 0 Å². The van der Waals surface area contributed by atoms with Gasteiger partial charge < -0.3 is 5.73 Å². The van der Waals surface area contributed by atoms with E-state index in [1.54, 1.807) is 11.9 Å². The van der Waals surface area contributed by atoms with Gasteiger partial charge in [0.15, 0.2) is 0 Å². The minimum Gasteiger partial charge on any atom is -0.330 e. The molecule has 0 saturated carbocycles. The Balaban J connectivity index is 2.17. The molecular weight excluding hydrogens is 194 g/mol. The van der Waals surface area contributed by atoms with Crippen molar-refractivity contribution in [2.75, 3.05) is 12.3 Å². The molecule has 1 aromatic carbocycles. The lowest BCUT2D eigenvalue weighted by molar-refractivity contribution is 0.941. The normalized spacial score (nSPS) is 10.9. The highest BCUT2D eigenvalue weighted by Crippen LogP contribution is 2.17. The molecule has 0 aliphatic carbocycles. The smallest absolute Gasteiger partial charge is 0.106 e. The van der Waals surface area contributed by atoms with Gasteiger partial charge in [-0.2, -0.15) is 0 Å². The van der Waals surface area contributed by atoms with Crippen LogP contribution in [0.3, 0.4) is 0 Å². The van der Waals surface area contributed by atoms with Crippen LogP contribution in [0.1, 0.15) is 6.42 Å². The van der Waals surface area contributed by atoms with Crippen LogP contribution in [0.5, 0.6) is 0 Å². The van der Waals surface area contributed by atoms with Crippen molar-refractivity contribution in [3.05, 3.63) is 30.6 Å². The Bertz CT molecular complexity index is 410. The highest BCUT2D eigenvalue weighted by molar-refractivity contribution is 7.97. The predicted octanol–water partition coefficient (Wildman–Crippen LogP) is 1.88. The fourth-order valence-electron chi connectivity index (χ4n) is 1.29. The quantitative estimate of drug-likeness (QED) is 0.778. The summed E-state index contributed by atoms with van der Waals surface area (Å²) >= 11 is 1.76. The summed E-state index contributed by atoms with van der Waals surface area (Å²) in [4.78, 5) is 4.31. The second kappa shape index (κ2) is 4.48. The predicted molar refractivity (Wildman–Crippen MR) is 61.3 cm³/mol. The second-order valence-electron chi connectivity index (χ2n) is 3.03. The summed E-state index contributed by atoms with van der Waals surface area (Å²) in [6.07, 6.45) is 2.91. The Hall–Kier alpha value is -1.00. The van der Waals surface area contributed by atoms with Crippen LogP contribution < -0.4 is 5.73 Å². The van der Waals surface area contributed by atoms with Gasteiger partial charge in [0.05, 0.1) is 11.0 Å². The molecule has 0 spiro atoms. The van der Waals surface area contributed by atoms with Gasteiger partial charge in [0.25, 0.3) is 0 Å². The number of fused-ring (bicyclic) bond motifs is 1. The molecule has 2 aromatic rings. The molecular formula is C10H13N3S. The summed E-state index contributed by atoms with van der Waals surface area (Å²) in [7, 11) is 0. The molecule has 2 rings (SSSR count). The Kier molecular flexibility index (Phi) is 3.06. The SMILES string of the molecule is NCCCSn1cnc2ccccc21. The molecule has 0 aliphatic heterocycles. The molecule has 0 aliphatic rings. The molecule has 1 aromatic heterocycles. The van der Waals surface area contributed by atoms with E-state index in [0.29, 0.717) is 0 Å². The maximum absolute atomic E-state index is 5.44. The first-order chi connectivity index (χ1) is 6.92. The molecule has 0 saturated heterocycles. The summed E-state index contributed by atoms with van der Waals surface area (Å²) in [5, 5.41) is 0. The molecule has 0 amide bonds. The lowest BCUT2D eigenvalue weighted by atomic mass is 10.3. The van der Waals surface area contributed by atoms with E-state index in [-0.39, 0.29) is 0 Å². The Morgan fingerprint density at radius 1 is 1.36 bits per heavy atom. The number of nitrogens with two attached hydrogens (primary N) is 1. The fraction of sp³-hybridized carbons (Fsp3) is 0.300. The topological polar surface area (TPSA) is 43.8 Å². The van der Waals surface area contributed by atoms with Gasteiger partial charge in [0, 0.05) is 5.75 Å². The van der Waals surface area contributed by atoms with E-state index in [1.165, 1.54) is 5.52 Å². The largest absolute Gasteiger partial charge is 0.330 e. The number of nitrogens with zero attached hydrogens (tertiary/aromatic N) is 2. The van der Waals surface area contributed by atoms with E-state index < -0.39 is 0 Å². The zero-order valence-corrected chi connectivity index (χ0v) is 8.70. The van der Waals surface area contributed by atoms with Gasteiger partial charge >= 0.3 is 0 Å². The third kappa shape index (κ3) is 1.91. The van der Waals surface area contributed by atoms with Crippen molar-refractivity contribution in [2.24, 2.45) is 5.73 Å². The van der Waals surface area contributed by atoms with E-state index >= 15 is 0 Å². The number of aromatic nitrogens is 2. The summed E-state index contributed by atoms with van der Waals surface area (Å²) in [6.45, 7) is 0.750. The highest BCUT2D eigenvalue weighted by atomic mass is 32.2. The van der Waals surface area contributed by atoms with Gasteiger partial charge in [-0.25, -0.2) is 4.98 Å². The first-order valence-electron chi connectivity index (χ1n) is 4.67. The van der Waals surface area contributed by atoms with Gasteiger partial charge in [-0.1, -0.05) is 12.1 Å². The third-order valence-electron chi connectivity index (χ3n) is 2.00.